The Labute approximate surface area is 172 Å². The number of carbonyl (C=O) groups excluding carboxylic acids is 1. The minimum atomic E-state index is -0.102. The summed E-state index contributed by atoms with van der Waals surface area (Å²) < 4.78 is 3.22. The lowest BCUT2D eigenvalue weighted by atomic mass is 10.1. The first-order chi connectivity index (χ1) is 13.5. The lowest BCUT2D eigenvalue weighted by Crippen LogP contribution is -2.21. The van der Waals surface area contributed by atoms with Gasteiger partial charge in [0.2, 0.25) is 0 Å². The molecule has 0 unspecified atom stereocenters. The van der Waals surface area contributed by atoms with E-state index in [9.17, 15) is 4.79 Å². The number of carbonyl (C=O) groups is 1. The summed E-state index contributed by atoms with van der Waals surface area (Å²) in [7, 11) is 0. The van der Waals surface area contributed by atoms with Gasteiger partial charge in [-0.2, -0.15) is 10.1 Å². The largest absolute Gasteiger partial charge is 0.317 e. The van der Waals surface area contributed by atoms with Crippen molar-refractivity contribution in [3.63, 3.8) is 0 Å². The van der Waals surface area contributed by atoms with Crippen molar-refractivity contribution < 1.29 is 4.79 Å². The Morgan fingerprint density at radius 2 is 1.64 bits per heavy atom. The number of para-hydroxylation sites is 2. The molecule has 0 bridgehead atoms. The van der Waals surface area contributed by atoms with Crippen LogP contribution in [0.3, 0.4) is 0 Å². The summed E-state index contributed by atoms with van der Waals surface area (Å²) in [6.45, 7) is 6.02. The highest BCUT2D eigenvalue weighted by atomic mass is 79.9. The summed E-state index contributed by atoms with van der Waals surface area (Å²) in [4.78, 5) is 13.0. The molecule has 4 nitrogen and oxygen atoms in total. The Hall–Kier alpha value is -2.92. The smallest absolute Gasteiger partial charge is 0.280 e. The van der Waals surface area contributed by atoms with E-state index in [0.29, 0.717) is 5.57 Å². The van der Waals surface area contributed by atoms with Crippen LogP contribution in [0.5, 0.6) is 0 Å². The van der Waals surface area contributed by atoms with Crippen LogP contribution in [-0.4, -0.2) is 16.2 Å². The van der Waals surface area contributed by atoms with Gasteiger partial charge in [0, 0.05) is 15.9 Å². The van der Waals surface area contributed by atoms with Crippen molar-refractivity contribution in [1.82, 2.24) is 4.57 Å². The highest BCUT2D eigenvalue weighted by Crippen LogP contribution is 2.29. The Balaban J connectivity index is 1.75. The van der Waals surface area contributed by atoms with E-state index in [1.54, 1.807) is 0 Å². The van der Waals surface area contributed by atoms with Crippen LogP contribution in [0.15, 0.2) is 75.8 Å². The molecule has 2 heterocycles. The third-order valence-electron chi connectivity index (χ3n) is 4.93. The Morgan fingerprint density at radius 3 is 2.36 bits per heavy atom. The molecular weight excluding hydrogens is 414 g/mol. The second-order valence-corrected chi connectivity index (χ2v) is 7.66. The lowest BCUT2D eigenvalue weighted by molar-refractivity contribution is -0.114. The molecule has 1 aliphatic rings. The molecule has 5 heteroatoms. The molecular formula is C23H20BrN3O. The fraction of sp³-hybridized carbons (Fsp3) is 0.130. The molecule has 0 aliphatic carbocycles. The predicted molar refractivity (Wildman–Crippen MR) is 118 cm³/mol. The molecule has 3 aromatic rings. The quantitative estimate of drug-likeness (QED) is 0.490. The number of nitrogens with zero attached hydrogens (tertiary/aromatic N) is 3. The summed E-state index contributed by atoms with van der Waals surface area (Å²) in [5.74, 6) is -0.102. The van der Waals surface area contributed by atoms with Crippen molar-refractivity contribution in [3.8, 4) is 5.69 Å². The number of aromatic nitrogens is 1. The Kier molecular flexibility index (Phi) is 4.77. The summed E-state index contributed by atoms with van der Waals surface area (Å²) in [6, 6.07) is 19.7. The van der Waals surface area contributed by atoms with Crippen LogP contribution < -0.4 is 5.01 Å². The normalized spacial score (nSPS) is 15.4. The molecule has 1 aromatic heterocycles. The van der Waals surface area contributed by atoms with Gasteiger partial charge in [-0.25, -0.2) is 0 Å². The van der Waals surface area contributed by atoms with E-state index in [4.69, 9.17) is 0 Å². The van der Waals surface area contributed by atoms with E-state index in [1.807, 2.05) is 61.5 Å². The monoisotopic (exact) mass is 433 g/mol. The maximum atomic E-state index is 13.0. The number of rotatable bonds is 3. The number of hydrogen-bond donors (Lipinski definition) is 0. The SMILES string of the molecule is CC1=NN(c2ccccc2)C(=O)/C1=C/c1cc(C)n(-c2ccccc2Br)c1C. The zero-order valence-electron chi connectivity index (χ0n) is 16.0. The summed E-state index contributed by atoms with van der Waals surface area (Å²) in [5, 5.41) is 5.93. The Morgan fingerprint density at radius 1 is 0.964 bits per heavy atom. The van der Waals surface area contributed by atoms with Gasteiger partial charge in [0.05, 0.1) is 22.7 Å². The molecule has 0 N–H and O–H groups in total. The fourth-order valence-electron chi connectivity index (χ4n) is 3.52. The molecule has 0 saturated carbocycles. The minimum Gasteiger partial charge on any atom is -0.317 e. The summed E-state index contributed by atoms with van der Waals surface area (Å²) in [5.41, 5.74) is 6.40. The first kappa shape index (κ1) is 18.4. The molecule has 4 rings (SSSR count). The van der Waals surface area contributed by atoms with E-state index in [-0.39, 0.29) is 5.91 Å². The van der Waals surface area contributed by atoms with Gasteiger partial charge in [-0.3, -0.25) is 4.79 Å². The van der Waals surface area contributed by atoms with Crippen LogP contribution in [0.25, 0.3) is 11.8 Å². The third-order valence-corrected chi connectivity index (χ3v) is 5.60. The van der Waals surface area contributed by atoms with Crippen LogP contribution in [-0.2, 0) is 4.79 Å². The van der Waals surface area contributed by atoms with Gasteiger partial charge < -0.3 is 4.57 Å². The van der Waals surface area contributed by atoms with Crippen LogP contribution in [0.4, 0.5) is 5.69 Å². The van der Waals surface area contributed by atoms with Crippen molar-refractivity contribution in [2.75, 3.05) is 5.01 Å². The molecule has 0 spiro atoms. The zero-order valence-corrected chi connectivity index (χ0v) is 17.6. The minimum absolute atomic E-state index is 0.102. The van der Waals surface area contributed by atoms with Crippen molar-refractivity contribution in [1.29, 1.82) is 0 Å². The number of amides is 1. The molecule has 28 heavy (non-hydrogen) atoms. The number of hydrogen-bond acceptors (Lipinski definition) is 2. The number of benzene rings is 2. The van der Waals surface area contributed by atoms with Crippen LogP contribution >= 0.6 is 15.9 Å². The van der Waals surface area contributed by atoms with Gasteiger partial charge in [0.25, 0.3) is 5.91 Å². The molecule has 0 fully saturated rings. The number of hydrazone groups is 1. The lowest BCUT2D eigenvalue weighted by Gasteiger charge is -2.12. The van der Waals surface area contributed by atoms with Crippen LogP contribution in [0.1, 0.15) is 23.9 Å². The van der Waals surface area contributed by atoms with Gasteiger partial charge in [-0.05, 0) is 78.7 Å². The molecule has 2 aromatic carbocycles. The Bertz CT molecular complexity index is 1130. The first-order valence-electron chi connectivity index (χ1n) is 9.08. The second kappa shape index (κ2) is 7.24. The van der Waals surface area contributed by atoms with E-state index >= 15 is 0 Å². The van der Waals surface area contributed by atoms with Crippen LogP contribution in [0, 0.1) is 13.8 Å². The summed E-state index contributed by atoms with van der Waals surface area (Å²) in [6.07, 6.45) is 1.94. The van der Waals surface area contributed by atoms with E-state index in [2.05, 4.69) is 51.6 Å². The van der Waals surface area contributed by atoms with E-state index < -0.39 is 0 Å². The highest BCUT2D eigenvalue weighted by molar-refractivity contribution is 9.10. The number of halogens is 1. The second-order valence-electron chi connectivity index (χ2n) is 6.81. The highest BCUT2D eigenvalue weighted by Gasteiger charge is 2.29. The van der Waals surface area contributed by atoms with E-state index in [1.165, 1.54) is 5.01 Å². The third kappa shape index (κ3) is 3.12. The molecule has 0 atom stereocenters. The maximum absolute atomic E-state index is 13.0. The van der Waals surface area contributed by atoms with E-state index in [0.717, 1.165) is 38.5 Å². The molecule has 1 aliphatic heterocycles. The topological polar surface area (TPSA) is 37.6 Å². The van der Waals surface area contributed by atoms with Crippen molar-refractivity contribution in [3.05, 3.63) is 87.7 Å². The first-order valence-corrected chi connectivity index (χ1v) is 9.87. The van der Waals surface area contributed by atoms with Crippen molar-refractivity contribution in [2.24, 2.45) is 5.10 Å². The molecule has 0 saturated heterocycles. The molecule has 1 amide bonds. The standard InChI is InChI=1S/C23H20BrN3O/c1-15-13-18(17(3)26(15)22-12-8-7-11-21(22)24)14-20-16(2)25-27(23(20)28)19-9-5-4-6-10-19/h4-14H,1-3H3/b20-14+. The van der Waals surface area contributed by atoms with Gasteiger partial charge in [-0.15, -0.1) is 0 Å². The van der Waals surface area contributed by atoms with Crippen LogP contribution in [0.2, 0.25) is 0 Å². The predicted octanol–water partition coefficient (Wildman–Crippen LogP) is 5.66. The summed E-state index contributed by atoms with van der Waals surface area (Å²) >= 11 is 3.64. The maximum Gasteiger partial charge on any atom is 0.280 e. The average Bonchev–Trinajstić information content (AvgIpc) is 3.13. The van der Waals surface area contributed by atoms with Gasteiger partial charge >= 0.3 is 0 Å². The number of aryl methyl sites for hydroxylation is 1. The molecule has 140 valence electrons. The molecule has 0 radical (unpaired) electrons. The van der Waals surface area contributed by atoms with Gasteiger partial charge in [-0.1, -0.05) is 30.3 Å². The fourth-order valence-corrected chi connectivity index (χ4v) is 3.98. The number of anilines is 1. The van der Waals surface area contributed by atoms with Gasteiger partial charge in [0.15, 0.2) is 0 Å². The van der Waals surface area contributed by atoms with Gasteiger partial charge in [0.1, 0.15) is 0 Å². The average molecular weight is 434 g/mol. The zero-order chi connectivity index (χ0) is 19.8. The van der Waals surface area contributed by atoms with Crippen molar-refractivity contribution in [2.45, 2.75) is 20.8 Å². The van der Waals surface area contributed by atoms with Crippen molar-refractivity contribution >= 4 is 39.3 Å².